The first-order valence-electron chi connectivity index (χ1n) is 30.7. The molecule has 0 saturated carbocycles. The van der Waals surface area contributed by atoms with E-state index in [-0.39, 0.29) is 56.4 Å². The maximum atomic E-state index is 13.5. The number of rotatable bonds is 40. The van der Waals surface area contributed by atoms with Crippen LogP contribution in [0, 0.1) is 44.1 Å². The molecule has 0 aromatic heterocycles. The van der Waals surface area contributed by atoms with Crippen LogP contribution < -0.4 is 5.32 Å². The van der Waals surface area contributed by atoms with E-state index >= 15 is 0 Å². The van der Waals surface area contributed by atoms with E-state index in [1.165, 1.54) is 117 Å². The predicted molar refractivity (Wildman–Crippen MR) is 295 cm³/mol. The number of allylic oxidation sites excluding steroid dienone is 1. The predicted octanol–water partition coefficient (Wildman–Crippen LogP) is 3.97. The van der Waals surface area contributed by atoms with Crippen LogP contribution in [0.5, 0.6) is 0 Å². The van der Waals surface area contributed by atoms with Crippen LogP contribution in [0.25, 0.3) is 5.73 Å². The number of nitrogens with one attached hydrogen (secondary N) is 2. The summed E-state index contributed by atoms with van der Waals surface area (Å²) in [6.07, 6.45) is -0.274. The van der Waals surface area contributed by atoms with Gasteiger partial charge in [-0.15, -0.1) is 0 Å². The molecule has 22 nitrogen and oxygen atoms in total. The van der Waals surface area contributed by atoms with Gasteiger partial charge in [-0.05, 0) is 33.1 Å². The average Bonchev–Trinajstić information content (AvgIpc) is 3.58. The summed E-state index contributed by atoms with van der Waals surface area (Å²) in [6, 6.07) is -2.74. The molecule has 473 valence electrons. The Morgan fingerprint density at radius 1 is 0.506 bits per heavy atom. The SMILES string of the molecule is CCCCCCCCCCCCC/C=C/C(O)C(CO[C@@H]1OC(CO)[C@@H](O[C@@H]2OC(CO)[C@H](O)C(O)C2O[C@@H]2OC(C)[C@@H](O)C(O)C2O)C(O[C@@H]2OC(C)[C@@H](O)C(O)C2O)C1[NH-])NC(=O)CCCCCCCCCCCCCCC.[Ac]. The van der Waals surface area contributed by atoms with Crippen molar-refractivity contribution in [2.45, 2.75) is 330 Å². The fourth-order valence-electron chi connectivity index (χ4n) is 10.9. The van der Waals surface area contributed by atoms with Gasteiger partial charge in [0.2, 0.25) is 5.91 Å². The van der Waals surface area contributed by atoms with Gasteiger partial charge < -0.3 is 105 Å². The smallest absolute Gasteiger partial charge is 0.220 e. The van der Waals surface area contributed by atoms with Crippen molar-refractivity contribution in [3.8, 4) is 0 Å². The first kappa shape index (κ1) is 75.1. The number of unbranched alkanes of at least 4 members (excludes halogenated alkanes) is 23. The number of hydrogen-bond acceptors (Lipinski definition) is 20. The van der Waals surface area contributed by atoms with Gasteiger partial charge in [-0.25, -0.2) is 0 Å². The number of aliphatic hydroxyl groups excluding tert-OH is 11. The Balaban J connectivity index is 0.0000172. The van der Waals surface area contributed by atoms with Crippen LogP contribution in [0.3, 0.4) is 0 Å². The van der Waals surface area contributed by atoms with Crippen molar-refractivity contribution < 1.29 is 143 Å². The van der Waals surface area contributed by atoms with Crippen LogP contribution in [0.4, 0.5) is 0 Å². The normalized spacial score (nSPS) is 35.4. The van der Waals surface area contributed by atoms with Gasteiger partial charge in [0.25, 0.3) is 0 Å². The summed E-state index contributed by atoms with van der Waals surface area (Å²) in [6.45, 7) is 5.13. The second kappa shape index (κ2) is 41.9. The molecule has 0 aromatic rings. The first-order valence-corrected chi connectivity index (χ1v) is 30.7. The van der Waals surface area contributed by atoms with E-state index in [1.807, 2.05) is 6.08 Å². The molecule has 22 atom stereocenters. The van der Waals surface area contributed by atoms with Crippen LogP contribution in [-0.4, -0.2) is 217 Å². The molecular weight excluding hydrogens is 1270 g/mol. The van der Waals surface area contributed by atoms with Crippen molar-refractivity contribution in [3.63, 3.8) is 0 Å². The van der Waals surface area contributed by atoms with Crippen LogP contribution in [-0.2, 0) is 42.7 Å². The molecule has 4 rings (SSSR count). The molecule has 81 heavy (non-hydrogen) atoms. The third kappa shape index (κ3) is 25.1. The molecule has 4 aliphatic rings. The van der Waals surface area contributed by atoms with Crippen molar-refractivity contribution in [1.82, 2.24) is 5.32 Å². The third-order valence-corrected chi connectivity index (χ3v) is 16.2. The van der Waals surface area contributed by atoms with Gasteiger partial charge in [-0.3, -0.25) is 4.79 Å². The Labute approximate surface area is 518 Å². The molecule has 4 fully saturated rings. The summed E-state index contributed by atoms with van der Waals surface area (Å²) in [4.78, 5) is 13.5. The molecule has 4 saturated heterocycles. The summed E-state index contributed by atoms with van der Waals surface area (Å²) >= 11 is 0. The molecular formula is C58H107AcN2O20-. The van der Waals surface area contributed by atoms with Crippen LogP contribution in [0.2, 0.25) is 0 Å². The van der Waals surface area contributed by atoms with E-state index in [9.17, 15) is 66.7 Å². The Morgan fingerprint density at radius 2 is 0.926 bits per heavy atom. The Morgan fingerprint density at radius 3 is 1.40 bits per heavy atom. The Kier molecular flexibility index (Phi) is 38.9. The van der Waals surface area contributed by atoms with Crippen molar-refractivity contribution in [3.05, 3.63) is 17.9 Å². The Hall–Kier alpha value is -0.148. The second-order valence-electron chi connectivity index (χ2n) is 22.9. The van der Waals surface area contributed by atoms with Gasteiger partial charge in [-0.1, -0.05) is 173 Å². The quantitative estimate of drug-likeness (QED) is 0.0305. The molecule has 1 amide bonds. The number of aliphatic hydroxyl groups is 11. The van der Waals surface area contributed by atoms with Crippen molar-refractivity contribution in [1.29, 1.82) is 0 Å². The minimum absolute atomic E-state index is 0. The summed E-state index contributed by atoms with van der Waals surface area (Å²) in [7, 11) is 0. The van der Waals surface area contributed by atoms with Gasteiger partial charge in [0, 0.05) is 50.5 Å². The standard InChI is InChI=1S/C58H107N2O20.Ac/c1-5-7-9-11-13-15-17-19-21-23-25-27-29-31-39(63)38(60-42(64)32-30-28-26-24-22-20-18-16-14-12-10-8-6-2)35-73-55-43(59)53(79-56-50(71)47(68)44(65)36(3)74-56)52(41(34-62)77-55)78-58-54(49(70)46(67)40(33-61)76-58)80-57-51(72)48(69)45(66)37(4)75-57;/h29,31,36-41,43-59,61-63,65-72H,5-28,30,32-35H2,1-4H3,(H,60,64);/q-1;/b31-29+;/t36?,37?,38?,39?,40?,41?,43?,44-,45-,46+,47?,48?,49?,50?,51?,52-,53?,54?,55-,56+,57+,58+;/m1./s1. The van der Waals surface area contributed by atoms with E-state index in [0.29, 0.717) is 12.8 Å². The number of amides is 1. The molecule has 13 N–H and O–H groups in total. The average molecular weight is 1380 g/mol. The molecule has 0 aliphatic carbocycles. The molecule has 0 spiro atoms. The molecule has 14 unspecified atom stereocenters. The van der Waals surface area contributed by atoms with Crippen molar-refractivity contribution in [2.24, 2.45) is 0 Å². The molecule has 0 aromatic carbocycles. The molecule has 4 heterocycles. The maximum absolute atomic E-state index is 13.5. The van der Waals surface area contributed by atoms with E-state index in [4.69, 9.17) is 37.9 Å². The fraction of sp³-hybridized carbons (Fsp3) is 0.948. The van der Waals surface area contributed by atoms with Gasteiger partial charge in [0.15, 0.2) is 18.9 Å². The Bertz CT molecular complexity index is 1650. The van der Waals surface area contributed by atoms with E-state index in [1.54, 1.807) is 6.08 Å². The number of carbonyl (C=O) groups excluding carboxylic acids is 1. The van der Waals surface area contributed by atoms with E-state index in [2.05, 4.69) is 19.2 Å². The fourth-order valence-corrected chi connectivity index (χ4v) is 10.9. The van der Waals surface area contributed by atoms with Crippen LogP contribution >= 0.6 is 0 Å². The molecule has 1 radical (unpaired) electrons. The zero-order valence-electron chi connectivity index (χ0n) is 49.0. The number of carbonyl (C=O) groups is 1. The van der Waals surface area contributed by atoms with Gasteiger partial charge in [-0.2, -0.15) is 0 Å². The number of ether oxygens (including phenoxy) is 8. The number of hydrogen-bond donors (Lipinski definition) is 12. The van der Waals surface area contributed by atoms with Gasteiger partial charge >= 0.3 is 0 Å². The van der Waals surface area contributed by atoms with E-state index < -0.39 is 155 Å². The molecule has 23 heteroatoms. The van der Waals surface area contributed by atoms with Gasteiger partial charge in [0.1, 0.15) is 79.5 Å². The minimum atomic E-state index is -1.95. The summed E-state index contributed by atoms with van der Waals surface area (Å²) in [5, 5.41) is 122. The first-order chi connectivity index (χ1) is 38.5. The third-order valence-electron chi connectivity index (χ3n) is 16.2. The summed E-state index contributed by atoms with van der Waals surface area (Å²) < 4.78 is 48.1. The van der Waals surface area contributed by atoms with E-state index in [0.717, 1.165) is 44.9 Å². The van der Waals surface area contributed by atoms with Crippen molar-refractivity contribution >= 4 is 5.91 Å². The zero-order valence-corrected chi connectivity index (χ0v) is 53.8. The van der Waals surface area contributed by atoms with Crippen molar-refractivity contribution in [2.75, 3.05) is 19.8 Å². The van der Waals surface area contributed by atoms with Crippen LogP contribution in [0.1, 0.15) is 195 Å². The monoisotopic (exact) mass is 1380 g/mol. The molecule has 0 bridgehead atoms. The maximum Gasteiger partial charge on any atom is 0.220 e. The zero-order chi connectivity index (χ0) is 58.6. The van der Waals surface area contributed by atoms with Gasteiger partial charge in [0.05, 0.1) is 50.3 Å². The minimum Gasteiger partial charge on any atom is -0.668 e. The van der Waals surface area contributed by atoms with Crippen LogP contribution in [0.15, 0.2) is 12.2 Å². The summed E-state index contributed by atoms with van der Waals surface area (Å²) in [5.74, 6) is -0.309. The summed E-state index contributed by atoms with van der Waals surface area (Å²) in [5.41, 5.74) is 9.54. The largest absolute Gasteiger partial charge is 0.668 e. The second-order valence-corrected chi connectivity index (χ2v) is 22.9. The topological polar surface area (TPSA) is 349 Å². The molecule has 4 aliphatic heterocycles.